The van der Waals surface area contributed by atoms with Crippen molar-refractivity contribution < 1.29 is 13.2 Å². The minimum atomic E-state index is -3.39. The van der Waals surface area contributed by atoms with E-state index in [0.29, 0.717) is 25.9 Å². The molecule has 0 aliphatic carbocycles. The molecule has 4 heterocycles. The second-order valence-electron chi connectivity index (χ2n) is 6.93. The first-order valence-electron chi connectivity index (χ1n) is 9.19. The Morgan fingerprint density at radius 1 is 1.17 bits per heavy atom. The van der Waals surface area contributed by atoms with Gasteiger partial charge in [-0.25, -0.2) is 13.4 Å². The number of carbonyl (C=O) groups excluding carboxylic acids is 1. The molecule has 0 radical (unpaired) electrons. The van der Waals surface area contributed by atoms with Crippen molar-refractivity contribution in [3.8, 4) is 9.88 Å². The Morgan fingerprint density at radius 2 is 1.90 bits per heavy atom. The van der Waals surface area contributed by atoms with Crippen molar-refractivity contribution in [1.82, 2.24) is 14.2 Å². The van der Waals surface area contributed by atoms with Crippen LogP contribution in [0.5, 0.6) is 0 Å². The number of likely N-dealkylation sites (tertiary alicyclic amines) is 1. The molecule has 0 aromatic carbocycles. The monoisotopic (exact) mass is 467 g/mol. The first-order valence-corrected chi connectivity index (χ1v) is 13.7. The van der Waals surface area contributed by atoms with Gasteiger partial charge in [0.1, 0.15) is 5.01 Å². The van der Waals surface area contributed by atoms with E-state index >= 15 is 0 Å². The van der Waals surface area contributed by atoms with Gasteiger partial charge in [0.05, 0.1) is 28.2 Å². The number of thiophene rings is 2. The van der Waals surface area contributed by atoms with Gasteiger partial charge in [-0.3, -0.25) is 4.79 Å². The SMILES string of the molecule is CS(=O)(=O)N(Cc1csc(-c2cccs2)n1)C1CCN(C(=O)c2cccs2)CC1. The maximum atomic E-state index is 12.5. The second-order valence-corrected chi connectivity index (χ2v) is 11.6. The highest BCUT2D eigenvalue weighted by atomic mass is 32.2. The molecule has 1 aliphatic heterocycles. The fourth-order valence-corrected chi connectivity index (χ4v) is 6.92. The molecule has 0 spiro atoms. The van der Waals surface area contributed by atoms with Crippen molar-refractivity contribution >= 4 is 49.9 Å². The van der Waals surface area contributed by atoms with Gasteiger partial charge in [-0.1, -0.05) is 12.1 Å². The average Bonchev–Trinajstić information content (AvgIpc) is 3.47. The van der Waals surface area contributed by atoms with Crippen LogP contribution in [-0.4, -0.2) is 53.9 Å². The summed E-state index contributed by atoms with van der Waals surface area (Å²) in [5.41, 5.74) is 0.765. The van der Waals surface area contributed by atoms with E-state index in [0.717, 1.165) is 20.5 Å². The number of rotatable bonds is 6. The third kappa shape index (κ3) is 4.77. The molecule has 3 aromatic rings. The number of thiazole rings is 1. The summed E-state index contributed by atoms with van der Waals surface area (Å²) in [6.07, 6.45) is 2.51. The average molecular weight is 468 g/mol. The van der Waals surface area contributed by atoms with Gasteiger partial charge in [0.25, 0.3) is 5.91 Å². The molecule has 0 unspecified atom stereocenters. The van der Waals surface area contributed by atoms with E-state index in [4.69, 9.17) is 0 Å². The molecule has 4 rings (SSSR count). The molecule has 1 fully saturated rings. The number of carbonyl (C=O) groups is 1. The lowest BCUT2D eigenvalue weighted by Crippen LogP contribution is -2.48. The summed E-state index contributed by atoms with van der Waals surface area (Å²) in [4.78, 5) is 20.8. The molecule has 1 amide bonds. The Bertz CT molecular complexity index is 1050. The summed E-state index contributed by atoms with van der Waals surface area (Å²) in [6.45, 7) is 1.39. The highest BCUT2D eigenvalue weighted by Gasteiger charge is 2.32. The maximum Gasteiger partial charge on any atom is 0.263 e. The third-order valence-electron chi connectivity index (χ3n) is 4.92. The molecular weight excluding hydrogens is 446 g/mol. The molecule has 154 valence electrons. The van der Waals surface area contributed by atoms with E-state index in [1.165, 1.54) is 28.9 Å². The predicted molar refractivity (Wildman–Crippen MR) is 119 cm³/mol. The smallest absolute Gasteiger partial charge is 0.263 e. The fraction of sp³-hybridized carbons (Fsp3) is 0.368. The number of nitrogens with zero attached hydrogens (tertiary/aromatic N) is 3. The van der Waals surface area contributed by atoms with Crippen LogP contribution in [0.15, 0.2) is 40.4 Å². The van der Waals surface area contributed by atoms with Crippen LogP contribution in [0.25, 0.3) is 9.88 Å². The van der Waals surface area contributed by atoms with E-state index in [9.17, 15) is 13.2 Å². The minimum absolute atomic E-state index is 0.0319. The van der Waals surface area contributed by atoms with Gasteiger partial charge >= 0.3 is 0 Å². The number of sulfonamides is 1. The van der Waals surface area contributed by atoms with E-state index in [1.807, 2.05) is 45.3 Å². The van der Waals surface area contributed by atoms with Crippen LogP contribution < -0.4 is 0 Å². The number of hydrogen-bond acceptors (Lipinski definition) is 7. The number of piperidine rings is 1. The highest BCUT2D eigenvalue weighted by molar-refractivity contribution is 7.88. The van der Waals surface area contributed by atoms with Gasteiger partial charge in [-0.05, 0) is 35.7 Å². The van der Waals surface area contributed by atoms with E-state index < -0.39 is 10.0 Å². The second kappa shape index (κ2) is 8.65. The molecule has 0 N–H and O–H groups in total. The summed E-state index contributed by atoms with van der Waals surface area (Å²) < 4.78 is 26.5. The van der Waals surface area contributed by atoms with Crippen molar-refractivity contribution in [2.45, 2.75) is 25.4 Å². The fourth-order valence-electron chi connectivity index (χ4n) is 3.48. The lowest BCUT2D eigenvalue weighted by molar-refractivity contribution is 0.0681. The summed E-state index contributed by atoms with van der Waals surface area (Å²) in [6, 6.07) is 7.57. The van der Waals surface area contributed by atoms with Crippen LogP contribution in [0, 0.1) is 0 Å². The summed E-state index contributed by atoms with van der Waals surface area (Å²) in [5.74, 6) is 0.0319. The summed E-state index contributed by atoms with van der Waals surface area (Å²) in [7, 11) is -3.39. The Balaban J connectivity index is 1.44. The van der Waals surface area contributed by atoms with Crippen molar-refractivity contribution in [3.05, 3.63) is 51.0 Å². The Hall–Kier alpha value is -1.59. The van der Waals surface area contributed by atoms with Crippen LogP contribution in [0.1, 0.15) is 28.2 Å². The topological polar surface area (TPSA) is 70.6 Å². The van der Waals surface area contributed by atoms with E-state index in [1.54, 1.807) is 15.6 Å². The lowest BCUT2D eigenvalue weighted by Gasteiger charge is -2.37. The normalized spacial score (nSPS) is 15.9. The van der Waals surface area contributed by atoms with Crippen LogP contribution in [0.2, 0.25) is 0 Å². The highest BCUT2D eigenvalue weighted by Crippen LogP contribution is 2.29. The molecule has 10 heteroatoms. The quantitative estimate of drug-likeness (QED) is 0.549. The van der Waals surface area contributed by atoms with Crippen molar-refractivity contribution in [2.24, 2.45) is 0 Å². The molecule has 1 saturated heterocycles. The Morgan fingerprint density at radius 3 is 2.52 bits per heavy atom. The number of amides is 1. The molecule has 6 nitrogen and oxygen atoms in total. The summed E-state index contributed by atoms with van der Waals surface area (Å²) in [5, 5.41) is 6.75. The molecule has 1 aliphatic rings. The molecular formula is C19H21N3O3S4. The van der Waals surface area contributed by atoms with Crippen molar-refractivity contribution in [1.29, 1.82) is 0 Å². The standard InChI is InChI=1S/C19H21N3O3S4/c1-29(24,25)22(12-14-13-28-18(20-14)16-4-2-10-26-16)15-6-8-21(9-7-15)19(23)17-5-3-11-27-17/h2-5,10-11,13,15H,6-9,12H2,1H3. The Labute approximate surface area is 182 Å². The zero-order valence-corrected chi connectivity index (χ0v) is 19.1. The minimum Gasteiger partial charge on any atom is -0.338 e. The number of aromatic nitrogens is 1. The van der Waals surface area contributed by atoms with Crippen LogP contribution >= 0.6 is 34.0 Å². The van der Waals surface area contributed by atoms with Gasteiger partial charge in [-0.2, -0.15) is 4.31 Å². The third-order valence-corrected chi connectivity index (χ3v) is 8.99. The van der Waals surface area contributed by atoms with Crippen LogP contribution in [0.4, 0.5) is 0 Å². The van der Waals surface area contributed by atoms with Gasteiger partial charge in [0.15, 0.2) is 0 Å². The van der Waals surface area contributed by atoms with E-state index in [2.05, 4.69) is 4.98 Å². The van der Waals surface area contributed by atoms with Crippen molar-refractivity contribution in [3.63, 3.8) is 0 Å². The largest absolute Gasteiger partial charge is 0.338 e. The molecule has 0 saturated carbocycles. The molecule has 3 aromatic heterocycles. The van der Waals surface area contributed by atoms with Crippen LogP contribution in [-0.2, 0) is 16.6 Å². The predicted octanol–water partition coefficient (Wildman–Crippen LogP) is 4.00. The Kier molecular flexibility index (Phi) is 6.16. The van der Waals surface area contributed by atoms with Gasteiger partial charge in [0, 0.05) is 24.5 Å². The van der Waals surface area contributed by atoms with Gasteiger partial charge in [-0.15, -0.1) is 34.0 Å². The van der Waals surface area contributed by atoms with Gasteiger partial charge in [0.2, 0.25) is 10.0 Å². The molecule has 0 atom stereocenters. The zero-order valence-electron chi connectivity index (χ0n) is 15.9. The lowest BCUT2D eigenvalue weighted by atomic mass is 10.0. The van der Waals surface area contributed by atoms with Gasteiger partial charge < -0.3 is 4.90 Å². The zero-order chi connectivity index (χ0) is 20.4. The maximum absolute atomic E-state index is 12.5. The first kappa shape index (κ1) is 20.7. The van der Waals surface area contributed by atoms with Crippen LogP contribution in [0.3, 0.4) is 0 Å². The summed E-state index contributed by atoms with van der Waals surface area (Å²) >= 11 is 4.59. The molecule has 0 bridgehead atoms. The van der Waals surface area contributed by atoms with E-state index in [-0.39, 0.29) is 18.5 Å². The number of hydrogen-bond donors (Lipinski definition) is 0. The molecule has 29 heavy (non-hydrogen) atoms. The first-order chi connectivity index (χ1) is 13.9. The van der Waals surface area contributed by atoms with Crippen molar-refractivity contribution in [2.75, 3.05) is 19.3 Å².